The van der Waals surface area contributed by atoms with Gasteiger partial charge in [0.05, 0.1) is 11.8 Å². The van der Waals surface area contributed by atoms with Crippen molar-refractivity contribution in [3.05, 3.63) is 47.8 Å². The fourth-order valence-corrected chi connectivity index (χ4v) is 1.85. The van der Waals surface area contributed by atoms with Crippen LogP contribution in [0.2, 0.25) is 0 Å². The Kier molecular flexibility index (Phi) is 4.34. The van der Waals surface area contributed by atoms with Gasteiger partial charge in [-0.05, 0) is 18.6 Å². The van der Waals surface area contributed by atoms with Crippen molar-refractivity contribution in [3.63, 3.8) is 0 Å². The van der Waals surface area contributed by atoms with Crippen LogP contribution in [0, 0.1) is 0 Å². The van der Waals surface area contributed by atoms with Gasteiger partial charge in [0.1, 0.15) is 6.04 Å². The number of para-hydroxylation sites is 1. The van der Waals surface area contributed by atoms with Gasteiger partial charge in [0.2, 0.25) is 5.91 Å². The first kappa shape index (κ1) is 14.7. The highest BCUT2D eigenvalue weighted by Crippen LogP contribution is 2.16. The van der Waals surface area contributed by atoms with Crippen molar-refractivity contribution in [2.45, 2.75) is 19.5 Å². The highest BCUT2D eigenvalue weighted by molar-refractivity contribution is 5.95. The Hall–Kier alpha value is -2.67. The van der Waals surface area contributed by atoms with Crippen molar-refractivity contribution < 1.29 is 9.59 Å². The van der Waals surface area contributed by atoms with E-state index in [-0.39, 0.29) is 11.5 Å². The highest BCUT2D eigenvalue weighted by Gasteiger charge is 2.18. The molecule has 2 aromatic rings. The normalized spacial score (nSPS) is 11.9. The van der Waals surface area contributed by atoms with Gasteiger partial charge in [-0.15, -0.1) is 0 Å². The van der Waals surface area contributed by atoms with Crippen LogP contribution in [-0.4, -0.2) is 21.6 Å². The Balaban J connectivity index is 2.13. The third kappa shape index (κ3) is 3.26. The number of nitrogens with one attached hydrogen (secondary N) is 1. The van der Waals surface area contributed by atoms with E-state index < -0.39 is 11.9 Å². The third-order valence-corrected chi connectivity index (χ3v) is 3.16. The van der Waals surface area contributed by atoms with Gasteiger partial charge < -0.3 is 16.8 Å². The van der Waals surface area contributed by atoms with E-state index in [1.165, 1.54) is 17.1 Å². The summed E-state index contributed by atoms with van der Waals surface area (Å²) in [7, 11) is 0. The fraction of sp³-hybridized carbons (Fsp3) is 0.214. The van der Waals surface area contributed by atoms with Gasteiger partial charge in [-0.3, -0.25) is 14.3 Å². The Bertz CT molecular complexity index is 665. The molecule has 0 aliphatic heterocycles. The largest absolute Gasteiger partial charge is 0.366 e. The number of rotatable bonds is 5. The Morgan fingerprint density at radius 1 is 1.38 bits per heavy atom. The van der Waals surface area contributed by atoms with Crippen LogP contribution in [0.15, 0.2) is 36.7 Å². The van der Waals surface area contributed by atoms with Gasteiger partial charge in [-0.1, -0.05) is 18.2 Å². The molecule has 0 saturated carbocycles. The van der Waals surface area contributed by atoms with Gasteiger partial charge in [-0.2, -0.15) is 5.10 Å². The molecule has 1 unspecified atom stereocenters. The quantitative estimate of drug-likeness (QED) is 0.748. The van der Waals surface area contributed by atoms with Gasteiger partial charge in [0.25, 0.3) is 5.91 Å². The molecule has 0 saturated heterocycles. The second-order valence-corrected chi connectivity index (χ2v) is 4.60. The Morgan fingerprint density at radius 2 is 2.10 bits per heavy atom. The number of hydrogen-bond acceptors (Lipinski definition) is 4. The van der Waals surface area contributed by atoms with Gasteiger partial charge in [0.15, 0.2) is 0 Å². The second-order valence-electron chi connectivity index (χ2n) is 4.60. The summed E-state index contributed by atoms with van der Waals surface area (Å²) in [6.07, 6.45) is 2.78. The minimum atomic E-state index is -0.581. The topological polar surface area (TPSA) is 116 Å². The van der Waals surface area contributed by atoms with E-state index in [4.69, 9.17) is 11.5 Å². The number of nitrogens with two attached hydrogens (primary N) is 2. The molecular formula is C14H17N5O2. The lowest BCUT2D eigenvalue weighted by Crippen LogP contribution is -2.25. The molecule has 0 aliphatic carbocycles. The Labute approximate surface area is 121 Å². The van der Waals surface area contributed by atoms with Crippen LogP contribution in [0.4, 0.5) is 5.69 Å². The number of carbonyl (C=O) groups is 2. The summed E-state index contributed by atoms with van der Waals surface area (Å²) >= 11 is 0. The lowest BCUT2D eigenvalue weighted by atomic mass is 10.1. The molecule has 0 fully saturated rings. The molecule has 0 radical (unpaired) electrons. The molecule has 110 valence electrons. The van der Waals surface area contributed by atoms with E-state index in [0.717, 1.165) is 5.56 Å². The zero-order chi connectivity index (χ0) is 15.4. The average molecular weight is 287 g/mol. The van der Waals surface area contributed by atoms with Crippen LogP contribution >= 0.6 is 0 Å². The molecule has 2 rings (SSSR count). The van der Waals surface area contributed by atoms with Crippen LogP contribution in [0.3, 0.4) is 0 Å². The van der Waals surface area contributed by atoms with Crippen molar-refractivity contribution in [3.8, 4) is 0 Å². The van der Waals surface area contributed by atoms with Crippen LogP contribution in [-0.2, 0) is 11.3 Å². The van der Waals surface area contributed by atoms with E-state index in [1.54, 1.807) is 13.0 Å². The van der Waals surface area contributed by atoms with E-state index in [1.807, 2.05) is 18.2 Å². The molecule has 0 spiro atoms. The van der Waals surface area contributed by atoms with Crippen molar-refractivity contribution >= 4 is 17.5 Å². The van der Waals surface area contributed by atoms with Gasteiger partial charge in [0, 0.05) is 18.4 Å². The molecule has 1 aromatic heterocycles. The summed E-state index contributed by atoms with van der Waals surface area (Å²) in [5.41, 5.74) is 12.6. The molecule has 1 aromatic carbocycles. The van der Waals surface area contributed by atoms with E-state index in [9.17, 15) is 9.59 Å². The molecule has 1 heterocycles. The number of amides is 2. The summed E-state index contributed by atoms with van der Waals surface area (Å²) in [5, 5.41) is 6.78. The molecule has 2 amide bonds. The molecule has 0 bridgehead atoms. The van der Waals surface area contributed by atoms with Crippen molar-refractivity contribution in [1.82, 2.24) is 9.78 Å². The van der Waals surface area contributed by atoms with E-state index >= 15 is 0 Å². The standard InChI is InChI=1S/C14H17N5O2/c1-9(19-8-11(7-17-19)13(16)20)14(21)18-12-5-3-2-4-10(12)6-15/h2-5,7-9H,6,15H2,1H3,(H2,16,20)(H,18,21). The molecule has 5 N–H and O–H groups in total. The lowest BCUT2D eigenvalue weighted by Gasteiger charge is -2.14. The zero-order valence-corrected chi connectivity index (χ0v) is 11.6. The van der Waals surface area contributed by atoms with Gasteiger partial charge >= 0.3 is 0 Å². The number of carbonyl (C=O) groups excluding carboxylic acids is 2. The fourth-order valence-electron chi connectivity index (χ4n) is 1.85. The zero-order valence-electron chi connectivity index (χ0n) is 11.6. The molecule has 0 aliphatic rings. The maximum Gasteiger partial charge on any atom is 0.251 e. The number of aromatic nitrogens is 2. The SMILES string of the molecule is CC(C(=O)Nc1ccccc1CN)n1cc(C(N)=O)cn1. The van der Waals surface area contributed by atoms with Crippen LogP contribution in [0.1, 0.15) is 28.9 Å². The third-order valence-electron chi connectivity index (χ3n) is 3.16. The number of anilines is 1. The second kappa shape index (κ2) is 6.19. The predicted octanol–water partition coefficient (Wildman–Crippen LogP) is 0.640. The highest BCUT2D eigenvalue weighted by atomic mass is 16.2. The van der Waals surface area contributed by atoms with E-state index in [2.05, 4.69) is 10.4 Å². The first-order valence-electron chi connectivity index (χ1n) is 6.45. The van der Waals surface area contributed by atoms with Crippen LogP contribution in [0.25, 0.3) is 0 Å². The number of benzene rings is 1. The molecule has 21 heavy (non-hydrogen) atoms. The smallest absolute Gasteiger partial charge is 0.251 e. The molecule has 7 nitrogen and oxygen atoms in total. The van der Waals surface area contributed by atoms with E-state index in [0.29, 0.717) is 12.2 Å². The monoisotopic (exact) mass is 287 g/mol. The average Bonchev–Trinajstić information content (AvgIpc) is 2.97. The number of primary amides is 1. The minimum absolute atomic E-state index is 0.255. The van der Waals surface area contributed by atoms with Crippen LogP contribution < -0.4 is 16.8 Å². The summed E-state index contributed by atoms with van der Waals surface area (Å²) in [6, 6.07) is 6.72. The minimum Gasteiger partial charge on any atom is -0.366 e. The first-order chi connectivity index (χ1) is 10.0. The molecule has 7 heteroatoms. The van der Waals surface area contributed by atoms with Crippen LogP contribution in [0.5, 0.6) is 0 Å². The molecular weight excluding hydrogens is 270 g/mol. The Morgan fingerprint density at radius 3 is 2.71 bits per heavy atom. The summed E-state index contributed by atoms with van der Waals surface area (Å²) in [6.45, 7) is 2.01. The summed E-state index contributed by atoms with van der Waals surface area (Å²) < 4.78 is 1.39. The molecule has 1 atom stereocenters. The first-order valence-corrected chi connectivity index (χ1v) is 6.45. The maximum absolute atomic E-state index is 12.2. The number of nitrogens with zero attached hydrogens (tertiary/aromatic N) is 2. The lowest BCUT2D eigenvalue weighted by molar-refractivity contribution is -0.119. The summed E-state index contributed by atoms with van der Waals surface area (Å²) in [5.74, 6) is -0.836. The maximum atomic E-state index is 12.2. The summed E-state index contributed by atoms with van der Waals surface area (Å²) in [4.78, 5) is 23.3. The van der Waals surface area contributed by atoms with Gasteiger partial charge in [-0.25, -0.2) is 0 Å². The predicted molar refractivity (Wildman–Crippen MR) is 78.4 cm³/mol. The van der Waals surface area contributed by atoms with Crippen molar-refractivity contribution in [2.24, 2.45) is 11.5 Å². The van der Waals surface area contributed by atoms with Crippen molar-refractivity contribution in [2.75, 3.05) is 5.32 Å². The van der Waals surface area contributed by atoms with Crippen molar-refractivity contribution in [1.29, 1.82) is 0 Å². The number of hydrogen-bond donors (Lipinski definition) is 3.